The molecule has 0 aromatic heterocycles. The van der Waals surface area contributed by atoms with Gasteiger partial charge in [-0.25, -0.2) is 9.18 Å². The fourth-order valence-electron chi connectivity index (χ4n) is 8.90. The Hall–Kier alpha value is -6.21. The zero-order valence-corrected chi connectivity index (χ0v) is 44.0. The van der Waals surface area contributed by atoms with Crippen molar-refractivity contribution < 1.29 is 57.0 Å². The number of rotatable bonds is 3. The van der Waals surface area contributed by atoms with Crippen molar-refractivity contribution in [2.45, 2.75) is 145 Å². The summed E-state index contributed by atoms with van der Waals surface area (Å²) >= 11 is 0. The number of halogens is 1. The molecule has 8 atom stereocenters. The molecule has 0 aliphatic carbocycles. The molecule has 0 radical (unpaired) electrons. The number of nitrogens with one attached hydrogen (secondary N) is 4. The number of ether oxygens (including phenoxy) is 3. The molecule has 1 unspecified atom stereocenters. The van der Waals surface area contributed by atoms with Crippen LogP contribution in [0.2, 0.25) is 0 Å². The van der Waals surface area contributed by atoms with Gasteiger partial charge in [-0.05, 0) is 83.9 Å². The number of ketones is 1. The monoisotopic (exact) mass is 1000 g/mol. The molecule has 6 aliphatic rings. The van der Waals surface area contributed by atoms with Crippen molar-refractivity contribution in [3.8, 4) is 0 Å². The SMILES string of the molecule is CC.CC.CC.C[C@@H]1CN(c2ccccc2C=O)C[C@H](C)O1.C[C@@H]1CN2c3ccccc3CC3(C(=O)CC(=O)NC3=O)[C@H]2[C@H](C)O1.C[C@@H]1CNC[C@H](C)O1.O=C1CC(=O)NC(=O)N1.O=Cc1ccccc1F. The van der Waals surface area contributed by atoms with E-state index in [2.05, 4.69) is 48.1 Å². The van der Waals surface area contributed by atoms with E-state index in [1.807, 2.05) is 115 Å². The summed E-state index contributed by atoms with van der Waals surface area (Å²) in [5.74, 6) is -2.87. The van der Waals surface area contributed by atoms with Crippen molar-refractivity contribution in [3.05, 3.63) is 95.3 Å². The van der Waals surface area contributed by atoms with Crippen LogP contribution in [0.5, 0.6) is 0 Å². The Labute approximate surface area is 424 Å². The van der Waals surface area contributed by atoms with E-state index in [4.69, 9.17) is 14.2 Å². The number of nitrogens with zero attached hydrogens (tertiary/aromatic N) is 2. The normalized spacial score (nSPS) is 25.7. The standard InChI is InChI=1S/C18H20N2O4.C13H17NO2.C7H5FO.C6H13NO.C4H4N2O3.3C2H6/c1-10-9-20-13-6-4-3-5-12(13)8-18(16(20)11(2)24-10)14(21)7-15(22)19-17(18)23;1-10-7-14(8-11(2)16-10)13-6-4-3-5-12(13)9-15;8-7-4-2-1-3-6(7)5-9;1-5-3-7-4-6(2)8-5;7-2-1-3(8)6-4(9)5-2;3*1-2/h3-6,10-11,16H,7-9H2,1-2H3,(H,19,22,23);3-6,9-11H,7-8H2,1-2H3;1-5H;5-7H,3-4H2,1-2H3;1H2,(H2,5,6,7,8,9);3*1-2H3/t10-,11+,16-,18?;10-,11+;;5-,6+;;;;/m1......./s1. The topological polar surface area (TPSA) is 219 Å². The molecular weight excluding hydrogens is 928 g/mol. The Kier molecular flexibility index (Phi) is 26.9. The molecule has 3 aromatic carbocycles. The number of amides is 6. The number of morpholine rings is 3. The van der Waals surface area contributed by atoms with E-state index in [9.17, 15) is 42.7 Å². The highest BCUT2D eigenvalue weighted by Gasteiger charge is 2.62. The van der Waals surface area contributed by atoms with Gasteiger partial charge in [-0.15, -0.1) is 0 Å². The first-order valence-electron chi connectivity index (χ1n) is 25.0. The third-order valence-electron chi connectivity index (χ3n) is 11.4. The summed E-state index contributed by atoms with van der Waals surface area (Å²) < 4.78 is 29.4. The molecule has 3 aromatic rings. The van der Waals surface area contributed by atoms with Gasteiger partial charge < -0.3 is 29.3 Å². The highest BCUT2D eigenvalue weighted by molar-refractivity contribution is 6.22. The summed E-state index contributed by atoms with van der Waals surface area (Å²) in [7, 11) is 0. The lowest BCUT2D eigenvalue weighted by Gasteiger charge is -2.55. The average molecular weight is 1010 g/mol. The molecule has 4 N–H and O–H groups in total. The molecule has 9 rings (SSSR count). The minimum absolute atomic E-state index is 0.00263. The number of anilines is 2. The van der Waals surface area contributed by atoms with Gasteiger partial charge in [0.1, 0.15) is 17.7 Å². The van der Waals surface area contributed by atoms with E-state index in [1.54, 1.807) is 12.1 Å². The Bertz CT molecular complexity index is 2180. The molecule has 6 aliphatic heterocycles. The van der Waals surface area contributed by atoms with Gasteiger partial charge in [0, 0.05) is 49.7 Å². The second-order valence-electron chi connectivity index (χ2n) is 17.0. The van der Waals surface area contributed by atoms with Gasteiger partial charge in [0.15, 0.2) is 18.4 Å². The molecule has 72 heavy (non-hydrogen) atoms. The highest BCUT2D eigenvalue weighted by Crippen LogP contribution is 2.47. The van der Waals surface area contributed by atoms with Crippen molar-refractivity contribution in [3.63, 3.8) is 0 Å². The molecule has 17 nitrogen and oxygen atoms in total. The number of piperidine rings is 1. The van der Waals surface area contributed by atoms with Crippen LogP contribution in [0.3, 0.4) is 0 Å². The molecule has 1 spiro atoms. The number of aldehydes is 2. The maximum atomic E-state index is 12.9. The van der Waals surface area contributed by atoms with Crippen molar-refractivity contribution in [2.24, 2.45) is 5.41 Å². The summed E-state index contributed by atoms with van der Waals surface area (Å²) in [6.07, 6.45) is 2.16. The number of carbonyl (C=O) groups excluding carboxylic acids is 8. The number of fused-ring (bicyclic) bond motifs is 4. The summed E-state index contributed by atoms with van der Waals surface area (Å²) in [5.41, 5.74) is 2.63. The third-order valence-corrected chi connectivity index (χ3v) is 11.4. The summed E-state index contributed by atoms with van der Waals surface area (Å²) in [6.45, 7) is 28.5. The zero-order chi connectivity index (χ0) is 54.1. The van der Waals surface area contributed by atoms with Gasteiger partial charge in [0.05, 0.1) is 54.6 Å². The van der Waals surface area contributed by atoms with E-state index in [0.717, 1.165) is 55.0 Å². The number of Topliss-reactive ketones (excluding diaryl/α,β-unsaturated/α-hetero) is 1. The predicted octanol–water partition coefficient (Wildman–Crippen LogP) is 6.78. The van der Waals surface area contributed by atoms with Gasteiger partial charge in [-0.3, -0.25) is 49.5 Å². The highest BCUT2D eigenvalue weighted by atomic mass is 19.1. The Morgan fingerprint density at radius 2 is 1.04 bits per heavy atom. The average Bonchev–Trinajstić information content (AvgIpc) is 3.35. The Morgan fingerprint density at radius 1 is 0.569 bits per heavy atom. The first kappa shape index (κ1) is 61.9. The van der Waals surface area contributed by atoms with Gasteiger partial charge in [-0.1, -0.05) is 84.0 Å². The number of para-hydroxylation sites is 2. The largest absolute Gasteiger partial charge is 0.373 e. The fraction of sp³-hybridized carbons (Fsp3) is 0.519. The zero-order valence-electron chi connectivity index (χ0n) is 44.0. The minimum Gasteiger partial charge on any atom is -0.373 e. The maximum Gasteiger partial charge on any atom is 0.328 e. The molecule has 18 heteroatoms. The second-order valence-corrected chi connectivity index (χ2v) is 17.0. The van der Waals surface area contributed by atoms with Crippen LogP contribution in [0.1, 0.15) is 122 Å². The van der Waals surface area contributed by atoms with Gasteiger partial charge in [-0.2, -0.15) is 0 Å². The van der Waals surface area contributed by atoms with Crippen LogP contribution in [0.25, 0.3) is 0 Å². The van der Waals surface area contributed by atoms with Crippen molar-refractivity contribution in [2.75, 3.05) is 42.5 Å². The fourth-order valence-corrected chi connectivity index (χ4v) is 8.90. The summed E-state index contributed by atoms with van der Waals surface area (Å²) in [6, 6.07) is 20.3. The lowest BCUT2D eigenvalue weighted by molar-refractivity contribution is -0.158. The first-order valence-corrected chi connectivity index (χ1v) is 25.0. The number of barbiturate groups is 1. The number of hydrogen-bond acceptors (Lipinski definition) is 14. The van der Waals surface area contributed by atoms with Crippen LogP contribution in [0.15, 0.2) is 72.8 Å². The van der Waals surface area contributed by atoms with Crippen LogP contribution < -0.4 is 31.1 Å². The molecule has 6 heterocycles. The molecule has 5 saturated heterocycles. The van der Waals surface area contributed by atoms with E-state index >= 15 is 0 Å². The van der Waals surface area contributed by atoms with Crippen LogP contribution in [0.4, 0.5) is 20.6 Å². The third kappa shape index (κ3) is 17.5. The minimum atomic E-state index is -1.26. The lowest BCUT2D eigenvalue weighted by atomic mass is 9.63. The number of imide groups is 3. The molecule has 0 saturated carbocycles. The van der Waals surface area contributed by atoms with Crippen molar-refractivity contribution >= 4 is 59.4 Å². The van der Waals surface area contributed by atoms with Gasteiger partial charge in [0.25, 0.3) is 0 Å². The van der Waals surface area contributed by atoms with Gasteiger partial charge in [0.2, 0.25) is 23.6 Å². The van der Waals surface area contributed by atoms with E-state index in [0.29, 0.717) is 31.5 Å². The Morgan fingerprint density at radius 3 is 1.53 bits per heavy atom. The number of urea groups is 1. The van der Waals surface area contributed by atoms with E-state index in [1.165, 1.54) is 12.1 Å². The molecular formula is C54H77FN6O11. The van der Waals surface area contributed by atoms with Crippen LogP contribution >= 0.6 is 0 Å². The van der Waals surface area contributed by atoms with E-state index in [-0.39, 0.29) is 48.6 Å². The molecule has 396 valence electrons. The lowest BCUT2D eigenvalue weighted by Crippen LogP contribution is -2.72. The van der Waals surface area contributed by atoms with Crippen LogP contribution in [-0.4, -0.2) is 123 Å². The predicted molar refractivity (Wildman–Crippen MR) is 276 cm³/mol. The van der Waals surface area contributed by atoms with E-state index < -0.39 is 46.9 Å². The quantitative estimate of drug-likeness (QED) is 0.121. The second kappa shape index (κ2) is 31.3. The van der Waals surface area contributed by atoms with Crippen LogP contribution in [-0.2, 0) is 44.6 Å². The maximum absolute atomic E-state index is 12.9. The Balaban J connectivity index is 0.000000321. The smallest absolute Gasteiger partial charge is 0.328 e. The number of benzene rings is 3. The number of carbonyl (C=O) groups is 8. The molecule has 5 fully saturated rings. The summed E-state index contributed by atoms with van der Waals surface area (Å²) in [4.78, 5) is 93.5. The molecule has 0 bridgehead atoms. The van der Waals surface area contributed by atoms with Crippen molar-refractivity contribution in [1.29, 1.82) is 0 Å². The van der Waals surface area contributed by atoms with Crippen molar-refractivity contribution in [1.82, 2.24) is 21.3 Å². The molecule has 6 amide bonds. The van der Waals surface area contributed by atoms with Crippen LogP contribution in [0, 0.1) is 11.2 Å². The first-order chi connectivity index (χ1) is 34.4. The van der Waals surface area contributed by atoms with Gasteiger partial charge >= 0.3 is 6.03 Å². The number of hydrogen-bond donors (Lipinski definition) is 4. The summed E-state index contributed by atoms with van der Waals surface area (Å²) in [5, 5.41) is 9.44.